The second-order valence-corrected chi connectivity index (χ2v) is 5.91. The molecule has 0 fully saturated rings. The maximum atomic E-state index is 11.3. The van der Waals surface area contributed by atoms with E-state index >= 15 is 0 Å². The van der Waals surface area contributed by atoms with Gasteiger partial charge in [0.25, 0.3) is 0 Å². The average Bonchev–Trinajstić information content (AvgIpc) is 2.28. The fraction of sp³-hybridized carbons (Fsp3) is 0.571. The van der Waals surface area contributed by atoms with Gasteiger partial charge in [0, 0.05) is 22.8 Å². The van der Waals surface area contributed by atoms with Crippen molar-refractivity contribution < 1.29 is 4.21 Å². The van der Waals surface area contributed by atoms with Gasteiger partial charge in [0.2, 0.25) is 0 Å². The van der Waals surface area contributed by atoms with Crippen LogP contribution in [-0.4, -0.2) is 17.0 Å². The zero-order chi connectivity index (χ0) is 12.7. The van der Waals surface area contributed by atoms with Crippen LogP contribution in [0.15, 0.2) is 18.2 Å². The summed E-state index contributed by atoms with van der Waals surface area (Å²) in [6.45, 7) is 2.92. The lowest BCUT2D eigenvalue weighted by Crippen LogP contribution is -2.00. The SMILES string of the molecule is CCc1cc(CCCCN)cc(CS(C)=O)c1. The van der Waals surface area contributed by atoms with Gasteiger partial charge in [-0.2, -0.15) is 0 Å². The third-order valence-corrected chi connectivity index (χ3v) is 3.55. The summed E-state index contributed by atoms with van der Waals surface area (Å²) in [5, 5.41) is 0. The van der Waals surface area contributed by atoms with Crippen LogP contribution in [0.1, 0.15) is 36.5 Å². The summed E-state index contributed by atoms with van der Waals surface area (Å²) in [4.78, 5) is 0. The number of hydrogen-bond donors (Lipinski definition) is 1. The molecule has 0 aliphatic rings. The van der Waals surface area contributed by atoms with Gasteiger partial charge >= 0.3 is 0 Å². The molecule has 1 rings (SSSR count). The van der Waals surface area contributed by atoms with Gasteiger partial charge in [-0.3, -0.25) is 4.21 Å². The largest absolute Gasteiger partial charge is 0.330 e. The van der Waals surface area contributed by atoms with Crippen molar-refractivity contribution >= 4 is 10.8 Å². The van der Waals surface area contributed by atoms with E-state index in [0.29, 0.717) is 5.75 Å². The summed E-state index contributed by atoms with van der Waals surface area (Å²) in [6.07, 6.45) is 6.08. The number of hydrogen-bond acceptors (Lipinski definition) is 2. The molecule has 3 heteroatoms. The van der Waals surface area contributed by atoms with Crippen molar-refractivity contribution in [1.82, 2.24) is 0 Å². The summed E-state index contributed by atoms with van der Waals surface area (Å²) in [7, 11) is -0.762. The Morgan fingerprint density at radius 3 is 2.35 bits per heavy atom. The molecule has 1 aromatic rings. The Kier molecular flexibility index (Phi) is 6.45. The predicted octanol–water partition coefficient (Wildman–Crippen LogP) is 2.41. The van der Waals surface area contributed by atoms with E-state index in [9.17, 15) is 4.21 Å². The van der Waals surface area contributed by atoms with Gasteiger partial charge in [0.1, 0.15) is 0 Å². The molecule has 0 spiro atoms. The van der Waals surface area contributed by atoms with Crippen LogP contribution in [0, 0.1) is 0 Å². The molecule has 1 atom stereocenters. The lowest BCUT2D eigenvalue weighted by molar-refractivity contribution is 0.686. The molecule has 0 radical (unpaired) electrons. The molecule has 0 aliphatic carbocycles. The highest BCUT2D eigenvalue weighted by molar-refractivity contribution is 7.83. The van der Waals surface area contributed by atoms with Crippen LogP contribution < -0.4 is 5.73 Å². The first-order chi connectivity index (χ1) is 8.15. The van der Waals surface area contributed by atoms with E-state index in [1.165, 1.54) is 16.7 Å². The third-order valence-electron chi connectivity index (χ3n) is 2.81. The minimum Gasteiger partial charge on any atom is -0.330 e. The lowest BCUT2D eigenvalue weighted by atomic mass is 10.0. The van der Waals surface area contributed by atoms with Crippen LogP contribution in [0.4, 0.5) is 0 Å². The van der Waals surface area contributed by atoms with Crippen molar-refractivity contribution in [1.29, 1.82) is 0 Å². The molecule has 1 aromatic carbocycles. The summed E-state index contributed by atoms with van der Waals surface area (Å²) in [6, 6.07) is 6.63. The van der Waals surface area contributed by atoms with Gasteiger partial charge in [-0.05, 0) is 48.9 Å². The van der Waals surface area contributed by atoms with Gasteiger partial charge < -0.3 is 5.73 Å². The molecular formula is C14H23NOS. The van der Waals surface area contributed by atoms with E-state index < -0.39 is 10.8 Å². The Hall–Kier alpha value is -0.670. The van der Waals surface area contributed by atoms with Crippen LogP contribution in [0.25, 0.3) is 0 Å². The Bertz CT molecular complexity index is 376. The number of benzene rings is 1. The van der Waals surface area contributed by atoms with Crippen molar-refractivity contribution in [2.45, 2.75) is 38.4 Å². The van der Waals surface area contributed by atoms with Crippen LogP contribution in [-0.2, 0) is 29.4 Å². The Labute approximate surface area is 107 Å². The number of rotatable bonds is 7. The van der Waals surface area contributed by atoms with E-state index in [0.717, 1.165) is 32.2 Å². The normalized spacial score (nSPS) is 12.6. The smallest absolute Gasteiger partial charge is 0.0483 e. The number of aryl methyl sites for hydroxylation is 2. The lowest BCUT2D eigenvalue weighted by Gasteiger charge is -2.08. The first-order valence-corrected chi connectivity index (χ1v) is 8.00. The number of nitrogens with two attached hydrogens (primary N) is 1. The molecular weight excluding hydrogens is 230 g/mol. The first kappa shape index (κ1) is 14.4. The van der Waals surface area contributed by atoms with Crippen LogP contribution in [0.5, 0.6) is 0 Å². The van der Waals surface area contributed by atoms with Crippen molar-refractivity contribution in [3.8, 4) is 0 Å². The van der Waals surface area contributed by atoms with E-state index in [4.69, 9.17) is 5.73 Å². The Morgan fingerprint density at radius 2 is 1.76 bits per heavy atom. The minimum atomic E-state index is -0.762. The molecule has 0 aliphatic heterocycles. The highest BCUT2D eigenvalue weighted by atomic mass is 32.2. The van der Waals surface area contributed by atoms with Crippen LogP contribution >= 0.6 is 0 Å². The van der Waals surface area contributed by atoms with Gasteiger partial charge in [0.15, 0.2) is 0 Å². The van der Waals surface area contributed by atoms with Crippen molar-refractivity contribution in [2.75, 3.05) is 12.8 Å². The zero-order valence-electron chi connectivity index (χ0n) is 10.9. The zero-order valence-corrected chi connectivity index (χ0v) is 11.7. The van der Waals surface area contributed by atoms with Gasteiger partial charge in [-0.15, -0.1) is 0 Å². The molecule has 0 heterocycles. The minimum absolute atomic E-state index is 0.664. The molecule has 1 unspecified atom stereocenters. The fourth-order valence-electron chi connectivity index (χ4n) is 1.98. The monoisotopic (exact) mass is 253 g/mol. The van der Waals surface area contributed by atoms with Crippen LogP contribution in [0.2, 0.25) is 0 Å². The number of unbranched alkanes of at least 4 members (excludes halogenated alkanes) is 1. The summed E-state index contributed by atoms with van der Waals surface area (Å²) >= 11 is 0. The standard InChI is InChI=1S/C14H23NOS/c1-3-12-8-13(6-4-5-7-15)10-14(9-12)11-17(2)16/h8-10H,3-7,11,15H2,1-2H3. The third kappa shape index (κ3) is 5.46. The molecule has 96 valence electrons. The molecule has 17 heavy (non-hydrogen) atoms. The van der Waals surface area contributed by atoms with Crippen molar-refractivity contribution in [3.05, 3.63) is 34.9 Å². The maximum Gasteiger partial charge on any atom is 0.0483 e. The van der Waals surface area contributed by atoms with Crippen LogP contribution in [0.3, 0.4) is 0 Å². The fourth-order valence-corrected chi connectivity index (χ4v) is 2.62. The average molecular weight is 253 g/mol. The van der Waals surface area contributed by atoms with Gasteiger partial charge in [-0.25, -0.2) is 0 Å². The first-order valence-electron chi connectivity index (χ1n) is 6.27. The van der Waals surface area contributed by atoms with E-state index in [-0.39, 0.29) is 0 Å². The predicted molar refractivity (Wildman–Crippen MR) is 75.6 cm³/mol. The second kappa shape index (κ2) is 7.62. The van der Waals surface area contributed by atoms with Gasteiger partial charge in [-0.1, -0.05) is 25.1 Å². The summed E-state index contributed by atoms with van der Waals surface area (Å²) in [5.41, 5.74) is 9.41. The second-order valence-electron chi connectivity index (χ2n) is 4.47. The van der Waals surface area contributed by atoms with Crippen molar-refractivity contribution in [3.63, 3.8) is 0 Å². The van der Waals surface area contributed by atoms with E-state index in [1.807, 2.05) is 0 Å². The molecule has 0 saturated carbocycles. The van der Waals surface area contributed by atoms with Gasteiger partial charge in [0.05, 0.1) is 0 Å². The van der Waals surface area contributed by atoms with Crippen molar-refractivity contribution in [2.24, 2.45) is 5.73 Å². The molecule has 0 amide bonds. The summed E-state index contributed by atoms with van der Waals surface area (Å²) in [5.74, 6) is 0.664. The summed E-state index contributed by atoms with van der Waals surface area (Å²) < 4.78 is 11.3. The molecule has 2 nitrogen and oxygen atoms in total. The Morgan fingerprint density at radius 1 is 1.12 bits per heavy atom. The molecule has 0 bridgehead atoms. The van der Waals surface area contributed by atoms with E-state index in [2.05, 4.69) is 25.1 Å². The highest BCUT2D eigenvalue weighted by Crippen LogP contribution is 2.15. The van der Waals surface area contributed by atoms with E-state index in [1.54, 1.807) is 6.26 Å². The molecule has 2 N–H and O–H groups in total. The topological polar surface area (TPSA) is 43.1 Å². The Balaban J connectivity index is 2.77. The quantitative estimate of drug-likeness (QED) is 0.758. The maximum absolute atomic E-state index is 11.3. The molecule has 0 saturated heterocycles. The molecule has 0 aromatic heterocycles. The highest BCUT2D eigenvalue weighted by Gasteiger charge is 2.02.